The summed E-state index contributed by atoms with van der Waals surface area (Å²) in [5.74, 6) is 0.864. The maximum absolute atomic E-state index is 10.5. The number of aldehydes is 1. The Morgan fingerprint density at radius 1 is 1.36 bits per heavy atom. The molecule has 0 bridgehead atoms. The zero-order chi connectivity index (χ0) is 10.4. The maximum Gasteiger partial charge on any atom is 0.124 e. The first-order valence-corrected chi connectivity index (χ1v) is 4.91. The van der Waals surface area contributed by atoms with Crippen molar-refractivity contribution in [2.45, 2.75) is 26.2 Å². The zero-order valence-corrected chi connectivity index (χ0v) is 8.75. The normalized spacial score (nSPS) is 9.86. The number of rotatable bonds is 5. The summed E-state index contributed by atoms with van der Waals surface area (Å²) in [6.07, 6.45) is 3.53. The van der Waals surface area contributed by atoms with Crippen LogP contribution >= 0.6 is 0 Å². The third-order valence-corrected chi connectivity index (χ3v) is 2.24. The third-order valence-electron chi connectivity index (χ3n) is 2.24. The van der Waals surface area contributed by atoms with Crippen LogP contribution in [0.25, 0.3) is 0 Å². The molecule has 0 saturated heterocycles. The highest BCUT2D eigenvalue weighted by molar-refractivity contribution is 5.56. The third kappa shape index (κ3) is 2.59. The van der Waals surface area contributed by atoms with Gasteiger partial charge < -0.3 is 9.53 Å². The predicted molar refractivity (Wildman–Crippen MR) is 56.8 cm³/mol. The zero-order valence-electron chi connectivity index (χ0n) is 8.75. The fourth-order valence-electron chi connectivity index (χ4n) is 1.52. The Morgan fingerprint density at radius 2 is 2.14 bits per heavy atom. The molecule has 0 saturated carbocycles. The molecule has 0 amide bonds. The van der Waals surface area contributed by atoms with Gasteiger partial charge in [-0.3, -0.25) is 0 Å². The molecule has 2 nitrogen and oxygen atoms in total. The van der Waals surface area contributed by atoms with Crippen LogP contribution in [-0.4, -0.2) is 13.4 Å². The fourth-order valence-corrected chi connectivity index (χ4v) is 1.52. The van der Waals surface area contributed by atoms with E-state index >= 15 is 0 Å². The number of ether oxygens (including phenoxy) is 1. The second-order valence-electron chi connectivity index (χ2n) is 3.26. The molecule has 76 valence electrons. The van der Waals surface area contributed by atoms with Crippen LogP contribution in [0.3, 0.4) is 0 Å². The lowest BCUT2D eigenvalue weighted by molar-refractivity contribution is -0.107. The summed E-state index contributed by atoms with van der Waals surface area (Å²) >= 11 is 0. The molecule has 1 aromatic rings. The van der Waals surface area contributed by atoms with Crippen LogP contribution in [0.5, 0.6) is 5.75 Å². The van der Waals surface area contributed by atoms with Crippen molar-refractivity contribution in [2.24, 2.45) is 0 Å². The van der Waals surface area contributed by atoms with Crippen LogP contribution in [0.2, 0.25) is 0 Å². The van der Waals surface area contributed by atoms with E-state index in [1.54, 1.807) is 7.11 Å². The quantitative estimate of drug-likeness (QED) is 0.669. The number of methoxy groups -OCH3 is 1. The van der Waals surface area contributed by atoms with E-state index in [4.69, 9.17) is 4.74 Å². The number of carbonyl (C=O) groups is 1. The van der Waals surface area contributed by atoms with Gasteiger partial charge in [0.25, 0.3) is 0 Å². The Morgan fingerprint density at radius 3 is 2.71 bits per heavy atom. The van der Waals surface area contributed by atoms with Crippen LogP contribution in [0.1, 0.15) is 24.5 Å². The Bertz CT molecular complexity index is 305. The van der Waals surface area contributed by atoms with Crippen LogP contribution in [0.15, 0.2) is 18.2 Å². The molecule has 0 fully saturated rings. The highest BCUT2D eigenvalue weighted by Crippen LogP contribution is 2.19. The van der Waals surface area contributed by atoms with Gasteiger partial charge in [-0.1, -0.05) is 19.4 Å². The van der Waals surface area contributed by atoms with Gasteiger partial charge in [-0.25, -0.2) is 0 Å². The Kier molecular flexibility index (Phi) is 4.17. The summed E-state index contributed by atoms with van der Waals surface area (Å²) in [6.45, 7) is 2.13. The standard InChI is InChI=1S/C12H16O2/c1-3-4-11-9-12(14-2)6-5-10(11)7-8-13/h5-6,8-9H,3-4,7H2,1-2H3. The predicted octanol–water partition coefficient (Wildman–Crippen LogP) is 2.39. The van der Waals surface area contributed by atoms with Gasteiger partial charge in [0.05, 0.1) is 7.11 Å². The Hall–Kier alpha value is -1.31. The Labute approximate surface area is 84.9 Å². The lowest BCUT2D eigenvalue weighted by Gasteiger charge is -2.08. The van der Waals surface area contributed by atoms with Gasteiger partial charge in [0.15, 0.2) is 0 Å². The van der Waals surface area contributed by atoms with Crippen LogP contribution < -0.4 is 4.74 Å². The highest BCUT2D eigenvalue weighted by atomic mass is 16.5. The maximum atomic E-state index is 10.5. The van der Waals surface area contributed by atoms with E-state index in [0.29, 0.717) is 6.42 Å². The van der Waals surface area contributed by atoms with Gasteiger partial charge in [0, 0.05) is 6.42 Å². The summed E-state index contributed by atoms with van der Waals surface area (Å²) in [4.78, 5) is 10.5. The van der Waals surface area contributed by atoms with Crippen molar-refractivity contribution in [3.8, 4) is 5.75 Å². The van der Waals surface area contributed by atoms with E-state index < -0.39 is 0 Å². The van der Waals surface area contributed by atoms with E-state index in [-0.39, 0.29) is 0 Å². The van der Waals surface area contributed by atoms with E-state index in [0.717, 1.165) is 30.4 Å². The second-order valence-corrected chi connectivity index (χ2v) is 3.26. The van der Waals surface area contributed by atoms with E-state index in [1.807, 2.05) is 18.2 Å². The molecule has 0 aliphatic rings. The molecule has 0 radical (unpaired) electrons. The van der Waals surface area contributed by atoms with Crippen LogP contribution in [-0.2, 0) is 17.6 Å². The van der Waals surface area contributed by atoms with E-state index in [1.165, 1.54) is 5.56 Å². The van der Waals surface area contributed by atoms with Gasteiger partial charge >= 0.3 is 0 Å². The second kappa shape index (κ2) is 5.43. The molecule has 1 rings (SSSR count). The first-order valence-electron chi connectivity index (χ1n) is 4.91. The molecular weight excluding hydrogens is 176 g/mol. The number of aryl methyl sites for hydroxylation is 1. The molecule has 0 aliphatic carbocycles. The van der Waals surface area contributed by atoms with Crippen molar-refractivity contribution in [1.82, 2.24) is 0 Å². The Balaban J connectivity index is 2.96. The molecule has 0 heterocycles. The van der Waals surface area contributed by atoms with Crippen molar-refractivity contribution in [1.29, 1.82) is 0 Å². The number of benzene rings is 1. The molecule has 0 N–H and O–H groups in total. The van der Waals surface area contributed by atoms with Crippen LogP contribution in [0, 0.1) is 0 Å². The van der Waals surface area contributed by atoms with E-state index in [2.05, 4.69) is 6.92 Å². The molecule has 0 atom stereocenters. The lowest BCUT2D eigenvalue weighted by atomic mass is 10.0. The van der Waals surface area contributed by atoms with E-state index in [9.17, 15) is 4.79 Å². The molecule has 1 aromatic carbocycles. The summed E-state index contributed by atoms with van der Waals surface area (Å²) < 4.78 is 5.15. The van der Waals surface area contributed by atoms with Gasteiger partial charge in [0.1, 0.15) is 12.0 Å². The van der Waals surface area contributed by atoms with Gasteiger partial charge in [-0.2, -0.15) is 0 Å². The minimum Gasteiger partial charge on any atom is -0.497 e. The number of carbonyl (C=O) groups excluding carboxylic acids is 1. The molecule has 0 unspecified atom stereocenters. The van der Waals surface area contributed by atoms with Crippen molar-refractivity contribution in [2.75, 3.05) is 7.11 Å². The first-order chi connectivity index (χ1) is 6.81. The van der Waals surface area contributed by atoms with Gasteiger partial charge in [-0.05, 0) is 29.7 Å². The lowest BCUT2D eigenvalue weighted by Crippen LogP contribution is -1.96. The smallest absolute Gasteiger partial charge is 0.124 e. The summed E-state index contributed by atoms with van der Waals surface area (Å²) in [5.41, 5.74) is 2.33. The summed E-state index contributed by atoms with van der Waals surface area (Å²) in [6, 6.07) is 5.89. The van der Waals surface area contributed by atoms with Crippen molar-refractivity contribution < 1.29 is 9.53 Å². The molecule has 0 aliphatic heterocycles. The molecular formula is C12H16O2. The number of hydrogen-bond donors (Lipinski definition) is 0. The minimum absolute atomic E-state index is 0.499. The monoisotopic (exact) mass is 192 g/mol. The number of hydrogen-bond acceptors (Lipinski definition) is 2. The van der Waals surface area contributed by atoms with Gasteiger partial charge in [-0.15, -0.1) is 0 Å². The highest BCUT2D eigenvalue weighted by Gasteiger charge is 2.02. The average molecular weight is 192 g/mol. The molecule has 0 spiro atoms. The average Bonchev–Trinajstić information content (AvgIpc) is 2.21. The summed E-state index contributed by atoms with van der Waals surface area (Å²) in [7, 11) is 1.66. The van der Waals surface area contributed by atoms with Crippen molar-refractivity contribution >= 4 is 6.29 Å². The first kappa shape index (κ1) is 10.8. The molecule has 0 aromatic heterocycles. The topological polar surface area (TPSA) is 26.3 Å². The van der Waals surface area contributed by atoms with Gasteiger partial charge in [0.2, 0.25) is 0 Å². The molecule has 2 heteroatoms. The van der Waals surface area contributed by atoms with Crippen molar-refractivity contribution in [3.05, 3.63) is 29.3 Å². The van der Waals surface area contributed by atoms with Crippen molar-refractivity contribution in [3.63, 3.8) is 0 Å². The minimum atomic E-state index is 0.499. The molecule has 14 heavy (non-hydrogen) atoms. The SMILES string of the molecule is CCCc1cc(OC)ccc1CC=O. The fraction of sp³-hybridized carbons (Fsp3) is 0.417. The largest absolute Gasteiger partial charge is 0.497 e. The summed E-state index contributed by atoms with van der Waals surface area (Å²) in [5, 5.41) is 0. The van der Waals surface area contributed by atoms with Crippen LogP contribution in [0.4, 0.5) is 0 Å².